The fraction of sp³-hybridized carbons (Fsp3) is 0.455. The minimum atomic E-state index is -5.73. The summed E-state index contributed by atoms with van der Waals surface area (Å²) in [6.07, 6.45) is -4.65. The van der Waals surface area contributed by atoms with Crippen molar-refractivity contribution >= 4 is 40.7 Å². The minimum Gasteiger partial charge on any atom is -0.386 e. The second kappa shape index (κ2) is 9.10. The molecule has 1 aliphatic heterocycles. The summed E-state index contributed by atoms with van der Waals surface area (Å²) in [7, 11) is -16.6. The van der Waals surface area contributed by atoms with Gasteiger partial charge in [-0.15, -0.1) is 11.6 Å². The Kier molecular flexibility index (Phi) is 7.71. The first-order valence-corrected chi connectivity index (χ1v) is 13.0. The zero-order chi connectivity index (χ0) is 23.8. The van der Waals surface area contributed by atoms with Crippen LogP contribution in [0.2, 0.25) is 0 Å². The van der Waals surface area contributed by atoms with Crippen LogP contribution in [0.15, 0.2) is 29.0 Å². The van der Waals surface area contributed by atoms with Crippen molar-refractivity contribution in [3.8, 4) is 0 Å². The number of phosphoric acid groups is 2. The van der Waals surface area contributed by atoms with Gasteiger partial charge in [-0.1, -0.05) is 0 Å². The lowest BCUT2D eigenvalue weighted by atomic mass is 9.98. The summed E-state index contributed by atoms with van der Waals surface area (Å²) in [5.41, 5.74) is 2.06. The minimum absolute atomic E-state index is 0.156. The number of ether oxygens (including phenoxy) is 1. The third-order valence-corrected chi connectivity index (χ3v) is 8.11. The summed E-state index contributed by atoms with van der Waals surface area (Å²) in [6, 6.07) is 1.13. The molecule has 0 bridgehead atoms. The Morgan fingerprint density at radius 1 is 1.32 bits per heavy atom. The largest absolute Gasteiger partial charge is 0.488 e. The average molecular weight is 530 g/mol. The molecule has 0 aromatic carbocycles. The maximum atomic E-state index is 14.7. The van der Waals surface area contributed by atoms with Crippen LogP contribution in [0.5, 0.6) is 0 Å². The first-order chi connectivity index (χ1) is 14.0. The number of alkyl halides is 2. The molecule has 20 heteroatoms. The smallest absolute Gasteiger partial charge is 0.386 e. The molecule has 1 aromatic heterocycles. The number of anilines is 1. The molecular weight excluding hydrogens is 514 g/mol. The third kappa shape index (κ3) is 6.51. The number of nitrogens with two attached hydrogens (primary N) is 1. The SMILES string of the molecule is Nc1ccn([C@@H]2O[C@@](/C=C/P(=O)(O)OP(=O)(O)OP(=O)(O)O)(CCl)[C@@H](O)[C@H]2F)c(=O)n1. The van der Waals surface area contributed by atoms with Gasteiger partial charge >= 0.3 is 28.9 Å². The molecule has 1 saturated heterocycles. The molecule has 1 aliphatic rings. The normalized spacial score (nSPS) is 30.9. The summed E-state index contributed by atoms with van der Waals surface area (Å²) in [6.45, 7) is 0. The van der Waals surface area contributed by atoms with Gasteiger partial charge in [-0.05, 0) is 12.1 Å². The lowest BCUT2D eigenvalue weighted by molar-refractivity contribution is -0.0608. The zero-order valence-electron chi connectivity index (χ0n) is 14.9. The average Bonchev–Trinajstić information content (AvgIpc) is 2.82. The van der Waals surface area contributed by atoms with Gasteiger partial charge < -0.3 is 35.2 Å². The van der Waals surface area contributed by atoms with Crippen LogP contribution in [0.25, 0.3) is 0 Å². The molecule has 31 heavy (non-hydrogen) atoms. The molecule has 7 N–H and O–H groups in total. The Labute approximate surface area is 177 Å². The lowest BCUT2D eigenvalue weighted by Crippen LogP contribution is -2.42. The van der Waals surface area contributed by atoms with Gasteiger partial charge in [-0.25, -0.2) is 22.6 Å². The molecule has 15 nitrogen and oxygen atoms in total. The maximum absolute atomic E-state index is 14.7. The fourth-order valence-corrected chi connectivity index (χ4v) is 6.07. The predicted molar refractivity (Wildman–Crippen MR) is 100 cm³/mol. The Hall–Kier alpha value is -0.990. The summed E-state index contributed by atoms with van der Waals surface area (Å²) in [4.78, 5) is 51.1. The van der Waals surface area contributed by atoms with Crippen LogP contribution in [0.3, 0.4) is 0 Å². The van der Waals surface area contributed by atoms with Crippen molar-refractivity contribution in [2.24, 2.45) is 0 Å². The summed E-state index contributed by atoms with van der Waals surface area (Å²) in [5, 5.41) is 10.2. The van der Waals surface area contributed by atoms with Gasteiger partial charge in [0.25, 0.3) is 0 Å². The highest BCUT2D eigenvalue weighted by Crippen LogP contribution is 2.66. The van der Waals surface area contributed by atoms with Gasteiger partial charge in [0.1, 0.15) is 17.5 Å². The molecule has 1 fully saturated rings. The fourth-order valence-electron chi connectivity index (χ4n) is 2.45. The molecule has 2 heterocycles. The van der Waals surface area contributed by atoms with Crippen LogP contribution >= 0.6 is 34.8 Å². The van der Waals surface area contributed by atoms with Crippen molar-refractivity contribution < 1.29 is 56.1 Å². The van der Waals surface area contributed by atoms with E-state index >= 15 is 0 Å². The molecule has 176 valence electrons. The highest BCUT2D eigenvalue weighted by Gasteiger charge is 2.55. The molecule has 0 saturated carbocycles. The molecule has 0 amide bonds. The second-order valence-electron chi connectivity index (χ2n) is 6.03. The molecule has 2 unspecified atom stereocenters. The Balaban J connectivity index is 2.31. The number of hydrogen-bond donors (Lipinski definition) is 6. The van der Waals surface area contributed by atoms with Crippen LogP contribution in [0, 0.1) is 0 Å². The van der Waals surface area contributed by atoms with E-state index in [2.05, 4.69) is 13.6 Å². The first kappa shape index (κ1) is 26.3. The molecule has 6 atom stereocenters. The molecule has 0 radical (unpaired) electrons. The zero-order valence-corrected chi connectivity index (χ0v) is 18.4. The van der Waals surface area contributed by atoms with Gasteiger partial charge in [-0.2, -0.15) is 9.29 Å². The van der Waals surface area contributed by atoms with Gasteiger partial charge in [-0.3, -0.25) is 9.13 Å². The van der Waals surface area contributed by atoms with Gasteiger partial charge in [0.2, 0.25) is 0 Å². The van der Waals surface area contributed by atoms with Crippen molar-refractivity contribution in [1.29, 1.82) is 0 Å². The number of nitrogens with zero attached hydrogens (tertiary/aromatic N) is 2. The number of hydrogen-bond acceptors (Lipinski definition) is 10. The van der Waals surface area contributed by atoms with Crippen molar-refractivity contribution in [3.05, 3.63) is 34.6 Å². The van der Waals surface area contributed by atoms with E-state index in [1.54, 1.807) is 0 Å². The Morgan fingerprint density at radius 3 is 2.45 bits per heavy atom. The quantitative estimate of drug-likeness (QED) is 0.191. The van der Waals surface area contributed by atoms with E-state index < -0.39 is 58.9 Å². The number of nitrogen functional groups attached to an aromatic ring is 1. The molecule has 1 aromatic rings. The second-order valence-corrected chi connectivity index (χ2v) is 10.9. The number of rotatable bonds is 8. The molecule has 2 rings (SSSR count). The van der Waals surface area contributed by atoms with E-state index in [0.717, 1.165) is 12.3 Å². The third-order valence-electron chi connectivity index (χ3n) is 3.72. The van der Waals surface area contributed by atoms with Crippen LogP contribution < -0.4 is 11.4 Å². The number of aromatic nitrogens is 2. The van der Waals surface area contributed by atoms with Crippen LogP contribution in [0.1, 0.15) is 6.23 Å². The van der Waals surface area contributed by atoms with Crippen molar-refractivity contribution in [2.75, 3.05) is 11.6 Å². The Morgan fingerprint density at radius 2 is 1.94 bits per heavy atom. The highest BCUT2D eigenvalue weighted by atomic mass is 35.5. The van der Waals surface area contributed by atoms with Crippen molar-refractivity contribution in [1.82, 2.24) is 9.55 Å². The molecular formula is C11H16ClFN3O12P3. The monoisotopic (exact) mass is 529 g/mol. The van der Waals surface area contributed by atoms with Crippen LogP contribution in [0.4, 0.5) is 10.2 Å². The maximum Gasteiger partial charge on any atom is 0.488 e. The number of aliphatic hydroxyl groups excluding tert-OH is 1. The summed E-state index contributed by atoms with van der Waals surface area (Å²) in [5.74, 6) is -0.763. The van der Waals surface area contributed by atoms with E-state index in [0.29, 0.717) is 10.6 Å². The van der Waals surface area contributed by atoms with Gasteiger partial charge in [0.15, 0.2) is 12.4 Å². The van der Waals surface area contributed by atoms with Crippen LogP contribution in [-0.2, 0) is 27.1 Å². The molecule has 0 aliphatic carbocycles. The number of halogens is 2. The van der Waals surface area contributed by atoms with E-state index in [-0.39, 0.29) is 11.6 Å². The van der Waals surface area contributed by atoms with E-state index in [9.17, 15) is 32.9 Å². The van der Waals surface area contributed by atoms with Crippen LogP contribution in [-0.4, -0.2) is 58.0 Å². The summed E-state index contributed by atoms with van der Waals surface area (Å²) >= 11 is 5.72. The highest BCUT2D eigenvalue weighted by molar-refractivity contribution is 7.69. The predicted octanol–water partition coefficient (Wildman–Crippen LogP) is -0.0437. The van der Waals surface area contributed by atoms with E-state index in [1.807, 2.05) is 0 Å². The van der Waals surface area contributed by atoms with Crippen molar-refractivity contribution in [3.63, 3.8) is 0 Å². The summed E-state index contributed by atoms with van der Waals surface area (Å²) < 4.78 is 61.9. The standard InChI is InChI=1S/C11H16ClFN3O12P3/c12-5-11(2-4-29(19,20)27-31(24,25)28-30(21,22)23)8(17)7(13)9(26-11)16-3-1-6(14)15-10(16)18/h1-4,7-9,17H,5H2,(H,19,20)(H,24,25)(H2,14,15,18)(H2,21,22,23)/b4-2+/t7-,8+,9-,11+/m1/s1. The van der Waals surface area contributed by atoms with Crippen molar-refractivity contribution in [2.45, 2.75) is 24.1 Å². The Bertz CT molecular complexity index is 1060. The topological polar surface area (TPSA) is 241 Å². The first-order valence-electron chi connectivity index (χ1n) is 7.75. The van der Waals surface area contributed by atoms with E-state index in [1.165, 1.54) is 0 Å². The van der Waals surface area contributed by atoms with Gasteiger partial charge in [0.05, 0.1) is 5.88 Å². The lowest BCUT2D eigenvalue weighted by Gasteiger charge is -2.26. The van der Waals surface area contributed by atoms with Gasteiger partial charge in [0, 0.05) is 12.0 Å². The molecule has 0 spiro atoms. The number of aliphatic hydroxyl groups is 1. The van der Waals surface area contributed by atoms with E-state index in [4.69, 9.17) is 36.8 Å².